The molecule has 0 saturated carbocycles. The van der Waals surface area contributed by atoms with Crippen LogP contribution < -0.4 is 38.9 Å². The molecule has 0 saturated heterocycles. The highest BCUT2D eigenvalue weighted by molar-refractivity contribution is 5.80. The molecule has 6 heterocycles. The molecule has 216 valence electrons. The first-order chi connectivity index (χ1) is 21.1. The highest BCUT2D eigenvalue weighted by Crippen LogP contribution is 2.49. The van der Waals surface area contributed by atoms with Gasteiger partial charge in [-0.25, -0.2) is 0 Å². The Balaban J connectivity index is 1.01. The first-order valence-electron chi connectivity index (χ1n) is 15.3. The number of fused-ring (bicyclic) bond motifs is 20. The van der Waals surface area contributed by atoms with E-state index < -0.39 is 0 Å². The molecule has 43 heavy (non-hydrogen) atoms. The van der Waals surface area contributed by atoms with Gasteiger partial charge in [0.25, 0.3) is 0 Å². The highest BCUT2D eigenvalue weighted by atomic mass is 16.5. The summed E-state index contributed by atoms with van der Waals surface area (Å²) < 4.78 is 11.1. The molecule has 6 bridgehead atoms. The normalized spacial score (nSPS) is 18.3. The molecular weight excluding hydrogens is 536 g/mol. The molecule has 0 unspecified atom stereocenters. The topological polar surface area (TPSA) is 37.9 Å². The number of methoxy groups -OCH3 is 2. The van der Waals surface area contributed by atoms with Crippen molar-refractivity contribution in [2.24, 2.45) is 0 Å². The maximum Gasteiger partial charge on any atom is 0.119 e. The van der Waals surface area contributed by atoms with E-state index in [2.05, 4.69) is 90.1 Å². The average molecular weight is 571 g/mol. The third-order valence-corrected chi connectivity index (χ3v) is 10.5. The fourth-order valence-electron chi connectivity index (χ4n) is 8.54. The molecule has 8 nitrogen and oxygen atoms in total. The van der Waals surface area contributed by atoms with Gasteiger partial charge >= 0.3 is 0 Å². The van der Waals surface area contributed by atoms with Crippen LogP contribution in [0.3, 0.4) is 0 Å². The molecule has 6 aliphatic rings. The van der Waals surface area contributed by atoms with E-state index in [1.807, 2.05) is 0 Å². The standard InChI is InChI=1S/C35H34N6O2/c1-42-24-3-5-30-22(11-24)13-36-19-38(30)15-26-28-17-40-21-41(34(28)9-7-32(26)36)18-29-27-16-39-20-37(33(27)8-10-35(29)40)14-23-12-25(43-2)4-6-31(23)39/h3-12H,13-21H2,1-2H3. The predicted molar refractivity (Wildman–Crippen MR) is 171 cm³/mol. The molecule has 6 aliphatic heterocycles. The summed E-state index contributed by atoms with van der Waals surface area (Å²) in [6, 6.07) is 22.6. The Morgan fingerprint density at radius 1 is 0.395 bits per heavy atom. The summed E-state index contributed by atoms with van der Waals surface area (Å²) in [5.74, 6) is 1.87. The van der Waals surface area contributed by atoms with E-state index in [9.17, 15) is 0 Å². The molecule has 0 fully saturated rings. The van der Waals surface area contributed by atoms with Gasteiger partial charge in [0.2, 0.25) is 0 Å². The zero-order valence-electron chi connectivity index (χ0n) is 24.6. The molecule has 0 N–H and O–H groups in total. The molecule has 4 aromatic rings. The van der Waals surface area contributed by atoms with E-state index in [1.54, 1.807) is 14.2 Å². The number of ether oxygens (including phenoxy) is 2. The summed E-state index contributed by atoms with van der Waals surface area (Å²) in [6.07, 6.45) is 0. The lowest BCUT2D eigenvalue weighted by atomic mass is 9.90. The first kappa shape index (κ1) is 23.8. The monoisotopic (exact) mass is 570 g/mol. The fourth-order valence-corrected chi connectivity index (χ4v) is 8.54. The summed E-state index contributed by atoms with van der Waals surface area (Å²) in [7, 11) is 3.50. The van der Waals surface area contributed by atoms with Crippen LogP contribution in [0.2, 0.25) is 0 Å². The van der Waals surface area contributed by atoms with E-state index in [0.29, 0.717) is 0 Å². The predicted octanol–water partition coefficient (Wildman–Crippen LogP) is 5.60. The minimum atomic E-state index is 0.917. The van der Waals surface area contributed by atoms with Gasteiger partial charge in [-0.3, -0.25) is 0 Å². The summed E-state index contributed by atoms with van der Waals surface area (Å²) in [6.45, 7) is 8.46. The maximum atomic E-state index is 5.54. The molecular formula is C35H34N6O2. The van der Waals surface area contributed by atoms with E-state index in [-0.39, 0.29) is 0 Å². The van der Waals surface area contributed by atoms with Gasteiger partial charge in [0.1, 0.15) is 11.5 Å². The van der Waals surface area contributed by atoms with Gasteiger partial charge in [0.05, 0.1) is 34.2 Å². The van der Waals surface area contributed by atoms with Crippen molar-refractivity contribution in [3.8, 4) is 11.5 Å². The summed E-state index contributed by atoms with van der Waals surface area (Å²) in [5.41, 5.74) is 16.9. The van der Waals surface area contributed by atoms with Gasteiger partial charge in [-0.2, -0.15) is 0 Å². The van der Waals surface area contributed by atoms with Crippen LogP contribution in [0.25, 0.3) is 0 Å². The van der Waals surface area contributed by atoms with Crippen molar-refractivity contribution in [2.45, 2.75) is 39.3 Å². The van der Waals surface area contributed by atoms with Crippen LogP contribution in [0, 0.1) is 0 Å². The lowest BCUT2D eigenvalue weighted by molar-refractivity contribution is 0.413. The van der Waals surface area contributed by atoms with Crippen molar-refractivity contribution in [1.82, 2.24) is 0 Å². The van der Waals surface area contributed by atoms with Crippen LogP contribution in [-0.4, -0.2) is 34.2 Å². The largest absolute Gasteiger partial charge is 0.497 e. The molecule has 0 atom stereocenters. The zero-order valence-corrected chi connectivity index (χ0v) is 24.6. The molecule has 10 rings (SSSR count). The summed E-state index contributed by atoms with van der Waals surface area (Å²) >= 11 is 0. The smallest absolute Gasteiger partial charge is 0.119 e. The Hall–Kier alpha value is -4.72. The van der Waals surface area contributed by atoms with Gasteiger partial charge in [-0.05, 0) is 71.8 Å². The van der Waals surface area contributed by atoms with E-state index in [1.165, 1.54) is 67.5 Å². The molecule has 0 aromatic heterocycles. The molecule has 0 spiro atoms. The van der Waals surface area contributed by atoms with Crippen molar-refractivity contribution in [3.05, 3.63) is 94.0 Å². The van der Waals surface area contributed by atoms with E-state index in [4.69, 9.17) is 9.47 Å². The summed E-state index contributed by atoms with van der Waals surface area (Å²) in [5, 5.41) is 0. The Bertz CT molecular complexity index is 1720. The Kier molecular flexibility index (Phi) is 4.67. The van der Waals surface area contributed by atoms with Crippen LogP contribution in [0.15, 0.2) is 60.7 Å². The van der Waals surface area contributed by atoms with Crippen LogP contribution >= 0.6 is 0 Å². The van der Waals surface area contributed by atoms with Crippen LogP contribution in [0.5, 0.6) is 11.5 Å². The number of hydrogen-bond donors (Lipinski definition) is 0. The molecule has 4 aromatic carbocycles. The highest BCUT2D eigenvalue weighted by Gasteiger charge is 2.39. The second-order valence-electron chi connectivity index (χ2n) is 12.7. The van der Waals surface area contributed by atoms with Gasteiger partial charge in [-0.15, -0.1) is 0 Å². The third kappa shape index (κ3) is 3.26. The molecule has 0 amide bonds. The van der Waals surface area contributed by atoms with Crippen LogP contribution in [-0.2, 0) is 39.3 Å². The molecule has 0 aliphatic carbocycles. The fraction of sp³-hybridized carbons (Fsp3) is 0.314. The number of rotatable bonds is 2. The van der Waals surface area contributed by atoms with Gasteiger partial charge in [0, 0.05) is 95.6 Å². The number of benzene rings is 4. The quantitative estimate of drug-likeness (QED) is 0.309. The Morgan fingerprint density at radius 2 is 0.698 bits per heavy atom. The van der Waals surface area contributed by atoms with Crippen LogP contribution in [0.4, 0.5) is 34.1 Å². The van der Waals surface area contributed by atoms with E-state index in [0.717, 1.165) is 70.8 Å². The number of nitrogens with zero attached hydrogens (tertiary/aromatic N) is 6. The van der Waals surface area contributed by atoms with Crippen molar-refractivity contribution in [2.75, 3.05) is 63.6 Å². The van der Waals surface area contributed by atoms with Crippen LogP contribution in [0.1, 0.15) is 33.4 Å². The van der Waals surface area contributed by atoms with Gasteiger partial charge in [0.15, 0.2) is 0 Å². The second-order valence-corrected chi connectivity index (χ2v) is 12.7. The average Bonchev–Trinajstić information content (AvgIpc) is 3.04. The lowest BCUT2D eigenvalue weighted by Crippen LogP contribution is -2.50. The van der Waals surface area contributed by atoms with E-state index >= 15 is 0 Å². The van der Waals surface area contributed by atoms with Crippen molar-refractivity contribution in [3.63, 3.8) is 0 Å². The summed E-state index contributed by atoms with van der Waals surface area (Å²) in [4.78, 5) is 15.4. The second kappa shape index (κ2) is 8.43. The third-order valence-electron chi connectivity index (χ3n) is 10.5. The maximum absolute atomic E-state index is 5.54. The van der Waals surface area contributed by atoms with Crippen molar-refractivity contribution >= 4 is 34.1 Å². The minimum Gasteiger partial charge on any atom is -0.497 e. The lowest BCUT2D eigenvalue weighted by Gasteiger charge is -2.51. The number of anilines is 6. The Morgan fingerprint density at radius 3 is 1.05 bits per heavy atom. The first-order valence-corrected chi connectivity index (χ1v) is 15.3. The molecule has 0 radical (unpaired) electrons. The SMILES string of the molecule is COc1ccc2c(c1)CN1CN2Cc2c1ccc1c2CN2CN1Cc1c2ccc2c1CN1CN2Cc2cc(OC)ccc21. The van der Waals surface area contributed by atoms with Gasteiger partial charge in [-0.1, -0.05) is 0 Å². The number of hydrogen-bond acceptors (Lipinski definition) is 8. The van der Waals surface area contributed by atoms with Gasteiger partial charge < -0.3 is 38.9 Å². The Labute approximate surface area is 251 Å². The zero-order chi connectivity index (χ0) is 28.4. The molecule has 8 heteroatoms. The van der Waals surface area contributed by atoms with Crippen molar-refractivity contribution in [1.29, 1.82) is 0 Å². The minimum absolute atomic E-state index is 0.917. The van der Waals surface area contributed by atoms with Crippen molar-refractivity contribution < 1.29 is 9.47 Å².